The van der Waals surface area contributed by atoms with Gasteiger partial charge in [0.05, 0.1) is 27.7 Å². The first-order chi connectivity index (χ1) is 13.4. The zero-order valence-corrected chi connectivity index (χ0v) is 20.0. The van der Waals surface area contributed by atoms with Crippen LogP contribution in [0.1, 0.15) is 78.1 Å². The molecule has 0 aliphatic rings. The smallest absolute Gasteiger partial charge is 0.333 e. The highest BCUT2D eigenvalue weighted by atomic mass is 32.3. The molecule has 0 rings (SSSR count). The lowest BCUT2D eigenvalue weighted by atomic mass is 10.1. The third-order valence-corrected chi connectivity index (χ3v) is 4.52. The van der Waals surface area contributed by atoms with Gasteiger partial charge in [0.15, 0.2) is 0 Å². The summed E-state index contributed by atoms with van der Waals surface area (Å²) in [5.74, 6) is -0.302. The second-order valence-corrected chi connectivity index (χ2v) is 9.39. The van der Waals surface area contributed by atoms with Gasteiger partial charge in [-0.15, -0.1) is 0 Å². The molecular formula is C21H43NO6S. The van der Waals surface area contributed by atoms with Gasteiger partial charge in [-0.1, -0.05) is 71.3 Å². The van der Waals surface area contributed by atoms with Crippen LogP contribution in [0.15, 0.2) is 12.2 Å². The summed E-state index contributed by atoms with van der Waals surface area (Å²) in [7, 11) is 1.67. The Hall–Kier alpha value is -0.960. The largest absolute Gasteiger partial charge is 0.726 e. The maximum Gasteiger partial charge on any atom is 0.333 e. The summed E-state index contributed by atoms with van der Waals surface area (Å²) < 4.78 is 40.2. The van der Waals surface area contributed by atoms with Gasteiger partial charge in [0.2, 0.25) is 10.4 Å². The zero-order valence-electron chi connectivity index (χ0n) is 19.2. The molecule has 0 aliphatic heterocycles. The first-order valence-corrected chi connectivity index (χ1v) is 12.0. The van der Waals surface area contributed by atoms with Crippen LogP contribution in [0.2, 0.25) is 0 Å². The lowest BCUT2D eigenvalue weighted by Crippen LogP contribution is -2.38. The van der Waals surface area contributed by atoms with Gasteiger partial charge in [-0.3, -0.25) is 4.18 Å². The Labute approximate surface area is 179 Å². The standard InChI is InChI=1S/C12H26O4S.C9H18NO2/c1-2-3-4-5-6-7-8-9-10-11-12-16-17(13,14)15;1-8(2)9(11)12-7-6-10(3,4)5/h2-12H2,1H3,(H,13,14,15);1,6-7H2,2-5H3/q;+1/p-1. The number of esters is 1. The van der Waals surface area contributed by atoms with E-state index < -0.39 is 10.4 Å². The number of nitrogens with zero attached hydrogens (tertiary/aromatic N) is 1. The molecule has 0 N–H and O–H groups in total. The Morgan fingerprint density at radius 3 is 1.72 bits per heavy atom. The number of ether oxygens (including phenoxy) is 1. The van der Waals surface area contributed by atoms with Crippen molar-refractivity contribution in [3.8, 4) is 0 Å². The van der Waals surface area contributed by atoms with E-state index >= 15 is 0 Å². The number of carbonyl (C=O) groups is 1. The molecule has 0 aromatic rings. The first kappa shape index (κ1) is 30.2. The van der Waals surface area contributed by atoms with Crippen molar-refractivity contribution in [3.63, 3.8) is 0 Å². The van der Waals surface area contributed by atoms with Gasteiger partial charge in [0, 0.05) is 5.57 Å². The Bertz CT molecular complexity index is 526. The normalized spacial score (nSPS) is 11.5. The molecular weight excluding hydrogens is 394 g/mol. The highest BCUT2D eigenvalue weighted by Gasteiger charge is 2.09. The Kier molecular flexibility index (Phi) is 18.6. The van der Waals surface area contributed by atoms with E-state index in [1.165, 1.54) is 44.9 Å². The van der Waals surface area contributed by atoms with Crippen molar-refractivity contribution in [3.05, 3.63) is 12.2 Å². The molecule has 0 aromatic heterocycles. The van der Waals surface area contributed by atoms with Crippen molar-refractivity contribution in [1.29, 1.82) is 0 Å². The molecule has 174 valence electrons. The van der Waals surface area contributed by atoms with Gasteiger partial charge in [-0.05, 0) is 13.3 Å². The van der Waals surface area contributed by atoms with Crippen molar-refractivity contribution >= 4 is 16.4 Å². The molecule has 0 amide bonds. The molecule has 7 nitrogen and oxygen atoms in total. The molecule has 0 fully saturated rings. The van der Waals surface area contributed by atoms with Crippen molar-refractivity contribution in [2.75, 3.05) is 40.9 Å². The van der Waals surface area contributed by atoms with Crippen molar-refractivity contribution in [2.45, 2.75) is 78.1 Å². The number of hydrogen-bond acceptors (Lipinski definition) is 6. The molecule has 0 bridgehead atoms. The topological polar surface area (TPSA) is 92.7 Å². The number of hydrogen-bond donors (Lipinski definition) is 0. The van der Waals surface area contributed by atoms with E-state index in [1.54, 1.807) is 6.92 Å². The minimum atomic E-state index is -4.48. The Balaban J connectivity index is 0. The van der Waals surface area contributed by atoms with Gasteiger partial charge < -0.3 is 13.8 Å². The predicted octanol–water partition coefficient (Wildman–Crippen LogP) is 4.20. The van der Waals surface area contributed by atoms with E-state index in [4.69, 9.17) is 4.74 Å². The molecule has 0 atom stereocenters. The van der Waals surface area contributed by atoms with Crippen LogP contribution in [0.25, 0.3) is 0 Å². The summed E-state index contributed by atoms with van der Waals surface area (Å²) in [5, 5.41) is 0. The van der Waals surface area contributed by atoms with E-state index in [2.05, 4.69) is 38.8 Å². The SMILES string of the molecule is C=C(C)C(=O)OCC[N+](C)(C)C.CCCCCCCCCCCCOS(=O)(=O)[O-]. The van der Waals surface area contributed by atoms with Crippen molar-refractivity contribution in [2.24, 2.45) is 0 Å². The van der Waals surface area contributed by atoms with Gasteiger partial charge in [-0.2, -0.15) is 0 Å². The Morgan fingerprint density at radius 2 is 1.34 bits per heavy atom. The predicted molar refractivity (Wildman–Crippen MR) is 116 cm³/mol. The van der Waals surface area contributed by atoms with Gasteiger partial charge in [0.1, 0.15) is 13.2 Å². The number of carbonyl (C=O) groups excluding carboxylic acids is 1. The van der Waals surface area contributed by atoms with Crippen LogP contribution in [0, 0.1) is 0 Å². The fourth-order valence-corrected chi connectivity index (χ4v) is 2.61. The second-order valence-electron chi connectivity index (χ2n) is 8.34. The van der Waals surface area contributed by atoms with Crippen LogP contribution in [0.3, 0.4) is 0 Å². The van der Waals surface area contributed by atoms with E-state index in [0.29, 0.717) is 18.6 Å². The minimum Gasteiger partial charge on any atom is -0.726 e. The summed E-state index contributed by atoms with van der Waals surface area (Å²) in [5.41, 5.74) is 0.455. The van der Waals surface area contributed by atoms with E-state index in [-0.39, 0.29) is 12.6 Å². The quantitative estimate of drug-likeness (QED) is 0.0897. The lowest BCUT2D eigenvalue weighted by molar-refractivity contribution is -0.870. The number of unbranched alkanes of at least 4 members (excludes halogenated alkanes) is 9. The summed E-state index contributed by atoms with van der Waals surface area (Å²) in [6, 6.07) is 0. The highest BCUT2D eigenvalue weighted by Crippen LogP contribution is 2.10. The molecule has 0 saturated heterocycles. The summed E-state index contributed by atoms with van der Waals surface area (Å²) >= 11 is 0. The van der Waals surface area contributed by atoms with E-state index in [0.717, 1.165) is 23.9 Å². The van der Waals surface area contributed by atoms with Crippen molar-refractivity contribution in [1.82, 2.24) is 0 Å². The van der Waals surface area contributed by atoms with Gasteiger partial charge in [0.25, 0.3) is 0 Å². The average molecular weight is 438 g/mol. The number of rotatable bonds is 16. The average Bonchev–Trinajstić information content (AvgIpc) is 2.58. The highest BCUT2D eigenvalue weighted by molar-refractivity contribution is 7.80. The molecule has 8 heteroatoms. The van der Waals surface area contributed by atoms with Gasteiger partial charge >= 0.3 is 5.97 Å². The zero-order chi connectivity index (χ0) is 22.8. The molecule has 0 heterocycles. The maximum absolute atomic E-state index is 10.9. The Morgan fingerprint density at radius 1 is 0.897 bits per heavy atom. The number of likely N-dealkylation sites (N-methyl/N-ethyl adjacent to an activating group) is 1. The van der Waals surface area contributed by atoms with Crippen LogP contribution in [-0.4, -0.2) is 64.3 Å². The van der Waals surface area contributed by atoms with E-state index in [1.807, 2.05) is 0 Å². The second kappa shape index (κ2) is 17.9. The molecule has 0 unspecified atom stereocenters. The number of quaternary nitrogens is 1. The van der Waals surface area contributed by atoms with Crippen LogP contribution in [-0.2, 0) is 24.1 Å². The lowest BCUT2D eigenvalue weighted by Gasteiger charge is -2.23. The third kappa shape index (κ3) is 29.3. The molecule has 0 aliphatic carbocycles. The van der Waals surface area contributed by atoms with Crippen LogP contribution >= 0.6 is 0 Å². The summed E-state index contributed by atoms with van der Waals surface area (Å²) in [6.45, 7) is 8.65. The monoisotopic (exact) mass is 437 g/mol. The third-order valence-electron chi connectivity index (χ3n) is 4.07. The molecule has 29 heavy (non-hydrogen) atoms. The van der Waals surface area contributed by atoms with Crippen LogP contribution in [0.5, 0.6) is 0 Å². The summed E-state index contributed by atoms with van der Waals surface area (Å²) in [6.07, 6.45) is 11.7. The van der Waals surface area contributed by atoms with Gasteiger partial charge in [-0.25, -0.2) is 13.2 Å². The summed E-state index contributed by atoms with van der Waals surface area (Å²) in [4.78, 5) is 10.9. The van der Waals surface area contributed by atoms with Crippen LogP contribution < -0.4 is 0 Å². The first-order valence-electron chi connectivity index (χ1n) is 10.6. The molecule has 0 aromatic carbocycles. The van der Waals surface area contributed by atoms with Crippen molar-refractivity contribution < 1.29 is 31.2 Å². The minimum absolute atomic E-state index is 0.0301. The fraction of sp³-hybridized carbons (Fsp3) is 0.857. The van der Waals surface area contributed by atoms with E-state index in [9.17, 15) is 17.8 Å². The van der Waals surface area contributed by atoms with Crippen LogP contribution in [0.4, 0.5) is 0 Å². The molecule has 0 radical (unpaired) electrons. The molecule has 0 spiro atoms. The molecule has 0 saturated carbocycles. The fourth-order valence-electron chi connectivity index (χ4n) is 2.29. The maximum atomic E-state index is 10.9.